The standard InChI is InChI=1S/C8H12N2O2S/c1-4-6-10(5-2)13(11,12)8(3)7-9/h1,8H,5-6H2,2-3H3. The van der Waals surface area contributed by atoms with E-state index in [2.05, 4.69) is 5.92 Å². The topological polar surface area (TPSA) is 61.2 Å². The molecule has 4 nitrogen and oxygen atoms in total. The number of hydrogen-bond donors (Lipinski definition) is 0. The van der Waals surface area contributed by atoms with Crippen LogP contribution in [0.25, 0.3) is 0 Å². The van der Waals surface area contributed by atoms with E-state index in [-0.39, 0.29) is 6.54 Å². The maximum Gasteiger partial charge on any atom is 0.231 e. The molecule has 1 unspecified atom stereocenters. The Bertz CT molecular complexity index is 334. The first kappa shape index (κ1) is 12.0. The van der Waals surface area contributed by atoms with Crippen LogP contribution >= 0.6 is 0 Å². The molecule has 0 aromatic rings. The Morgan fingerprint density at radius 3 is 2.46 bits per heavy atom. The third-order valence-electron chi connectivity index (χ3n) is 1.61. The van der Waals surface area contributed by atoms with Crippen molar-refractivity contribution >= 4 is 10.0 Å². The Hall–Kier alpha value is -1.04. The van der Waals surface area contributed by atoms with Crippen LogP contribution in [0.5, 0.6) is 0 Å². The van der Waals surface area contributed by atoms with Crippen molar-refractivity contribution in [1.82, 2.24) is 4.31 Å². The fourth-order valence-electron chi connectivity index (χ4n) is 0.774. The fraction of sp³-hybridized carbons (Fsp3) is 0.625. The molecule has 0 amide bonds. The van der Waals surface area contributed by atoms with Crippen LogP contribution < -0.4 is 0 Å². The van der Waals surface area contributed by atoms with E-state index >= 15 is 0 Å². The van der Waals surface area contributed by atoms with Crippen molar-refractivity contribution in [3.05, 3.63) is 0 Å². The maximum atomic E-state index is 11.5. The summed E-state index contributed by atoms with van der Waals surface area (Å²) in [6, 6.07) is 1.68. The van der Waals surface area contributed by atoms with Gasteiger partial charge in [-0.1, -0.05) is 12.8 Å². The SMILES string of the molecule is C#CCN(CC)S(=O)(=O)C(C)C#N. The number of terminal acetylenes is 1. The number of nitriles is 1. The monoisotopic (exact) mass is 200 g/mol. The van der Waals surface area contributed by atoms with Crippen molar-refractivity contribution in [3.8, 4) is 18.4 Å². The van der Waals surface area contributed by atoms with E-state index in [0.717, 1.165) is 4.31 Å². The van der Waals surface area contributed by atoms with Gasteiger partial charge in [0.1, 0.15) is 0 Å². The van der Waals surface area contributed by atoms with Gasteiger partial charge in [0.2, 0.25) is 10.0 Å². The lowest BCUT2D eigenvalue weighted by Crippen LogP contribution is -2.37. The van der Waals surface area contributed by atoms with Gasteiger partial charge >= 0.3 is 0 Å². The molecule has 0 aliphatic heterocycles. The van der Waals surface area contributed by atoms with Crippen molar-refractivity contribution < 1.29 is 8.42 Å². The van der Waals surface area contributed by atoms with E-state index in [1.807, 2.05) is 0 Å². The van der Waals surface area contributed by atoms with Gasteiger partial charge in [0.15, 0.2) is 5.25 Å². The predicted octanol–water partition coefficient (Wildman–Crippen LogP) is 0.183. The van der Waals surface area contributed by atoms with Gasteiger partial charge in [-0.25, -0.2) is 8.42 Å². The Morgan fingerprint density at radius 2 is 2.15 bits per heavy atom. The summed E-state index contributed by atoms with van der Waals surface area (Å²) in [5, 5.41) is 7.43. The molecule has 0 aliphatic carbocycles. The lowest BCUT2D eigenvalue weighted by molar-refractivity contribution is 0.460. The Labute approximate surface area is 79.2 Å². The summed E-state index contributed by atoms with van der Waals surface area (Å²) in [5.74, 6) is 2.24. The molecule has 72 valence electrons. The molecule has 0 bridgehead atoms. The first-order valence-corrected chi connectivity index (χ1v) is 5.33. The zero-order chi connectivity index (χ0) is 10.5. The van der Waals surface area contributed by atoms with Gasteiger partial charge in [-0.2, -0.15) is 9.57 Å². The second-order valence-corrected chi connectivity index (χ2v) is 4.70. The highest BCUT2D eigenvalue weighted by Gasteiger charge is 2.26. The molecule has 0 spiro atoms. The number of hydrogen-bond acceptors (Lipinski definition) is 3. The molecular formula is C8H12N2O2S. The van der Waals surface area contributed by atoms with Crippen LogP contribution in [0.2, 0.25) is 0 Å². The summed E-state index contributed by atoms with van der Waals surface area (Å²) in [7, 11) is -3.53. The molecule has 13 heavy (non-hydrogen) atoms. The van der Waals surface area contributed by atoms with E-state index < -0.39 is 15.3 Å². The summed E-state index contributed by atoms with van der Waals surface area (Å²) in [6.07, 6.45) is 5.00. The van der Waals surface area contributed by atoms with E-state index in [9.17, 15) is 8.42 Å². The zero-order valence-corrected chi connectivity index (χ0v) is 8.50. The van der Waals surface area contributed by atoms with E-state index in [1.165, 1.54) is 6.92 Å². The molecule has 0 radical (unpaired) electrons. The van der Waals surface area contributed by atoms with Crippen molar-refractivity contribution in [1.29, 1.82) is 5.26 Å². The summed E-state index contributed by atoms with van der Waals surface area (Å²) in [4.78, 5) is 0. The molecule has 0 fully saturated rings. The summed E-state index contributed by atoms with van der Waals surface area (Å²) >= 11 is 0. The lowest BCUT2D eigenvalue weighted by atomic mass is 10.5. The minimum Gasteiger partial charge on any atom is -0.211 e. The van der Waals surface area contributed by atoms with Crippen LogP contribution in [-0.4, -0.2) is 31.1 Å². The van der Waals surface area contributed by atoms with Crippen molar-refractivity contribution in [2.75, 3.05) is 13.1 Å². The van der Waals surface area contributed by atoms with Gasteiger partial charge in [0.05, 0.1) is 12.6 Å². The molecule has 0 saturated heterocycles. The summed E-state index contributed by atoms with van der Waals surface area (Å²) in [6.45, 7) is 3.33. The van der Waals surface area contributed by atoms with Crippen LogP contribution in [0.3, 0.4) is 0 Å². The van der Waals surface area contributed by atoms with Crippen LogP contribution in [0.15, 0.2) is 0 Å². The molecule has 0 N–H and O–H groups in total. The molecule has 0 aromatic heterocycles. The van der Waals surface area contributed by atoms with Crippen LogP contribution in [0.1, 0.15) is 13.8 Å². The third kappa shape index (κ3) is 2.73. The predicted molar refractivity (Wildman–Crippen MR) is 50.1 cm³/mol. The zero-order valence-electron chi connectivity index (χ0n) is 7.69. The van der Waals surface area contributed by atoms with E-state index in [0.29, 0.717) is 6.54 Å². The van der Waals surface area contributed by atoms with E-state index in [4.69, 9.17) is 11.7 Å². The normalized spacial score (nSPS) is 13.3. The van der Waals surface area contributed by atoms with Gasteiger partial charge in [-0.3, -0.25) is 0 Å². The quantitative estimate of drug-likeness (QED) is 0.608. The molecule has 0 aromatic carbocycles. The number of sulfonamides is 1. The minimum absolute atomic E-state index is 0.0187. The molecule has 1 atom stereocenters. The first-order valence-electron chi connectivity index (χ1n) is 3.82. The van der Waals surface area contributed by atoms with Crippen molar-refractivity contribution in [2.24, 2.45) is 0 Å². The third-order valence-corrected chi connectivity index (χ3v) is 3.71. The van der Waals surface area contributed by atoms with Gasteiger partial charge < -0.3 is 0 Å². The molecular weight excluding hydrogens is 188 g/mol. The first-order chi connectivity index (χ1) is 6.00. The Morgan fingerprint density at radius 1 is 1.62 bits per heavy atom. The van der Waals surface area contributed by atoms with Gasteiger partial charge in [-0.15, -0.1) is 6.42 Å². The largest absolute Gasteiger partial charge is 0.231 e. The summed E-state index contributed by atoms with van der Waals surface area (Å²) in [5.41, 5.74) is 0. The fourth-order valence-corrected chi connectivity index (χ4v) is 1.97. The molecule has 0 saturated carbocycles. The average molecular weight is 200 g/mol. The van der Waals surface area contributed by atoms with E-state index in [1.54, 1.807) is 13.0 Å². The second kappa shape index (κ2) is 4.86. The maximum absolute atomic E-state index is 11.5. The second-order valence-electron chi connectivity index (χ2n) is 2.45. The highest BCUT2D eigenvalue weighted by Crippen LogP contribution is 2.06. The van der Waals surface area contributed by atoms with Crippen LogP contribution in [-0.2, 0) is 10.0 Å². The highest BCUT2D eigenvalue weighted by atomic mass is 32.2. The molecule has 0 aliphatic rings. The molecule has 5 heteroatoms. The Kier molecular flexibility index (Phi) is 4.47. The average Bonchev–Trinajstić information content (AvgIpc) is 2.12. The lowest BCUT2D eigenvalue weighted by Gasteiger charge is -2.18. The van der Waals surface area contributed by atoms with Crippen LogP contribution in [0, 0.1) is 23.7 Å². The molecule has 0 heterocycles. The minimum atomic E-state index is -3.53. The van der Waals surface area contributed by atoms with Crippen LogP contribution in [0.4, 0.5) is 0 Å². The van der Waals surface area contributed by atoms with Crippen molar-refractivity contribution in [3.63, 3.8) is 0 Å². The van der Waals surface area contributed by atoms with Gasteiger partial charge in [0, 0.05) is 6.54 Å². The number of rotatable bonds is 4. The smallest absolute Gasteiger partial charge is 0.211 e. The molecule has 0 rings (SSSR count). The van der Waals surface area contributed by atoms with Gasteiger partial charge in [0.25, 0.3) is 0 Å². The highest BCUT2D eigenvalue weighted by molar-refractivity contribution is 7.89. The Balaban J connectivity index is 4.83. The van der Waals surface area contributed by atoms with Crippen molar-refractivity contribution in [2.45, 2.75) is 19.1 Å². The van der Waals surface area contributed by atoms with Gasteiger partial charge in [-0.05, 0) is 6.92 Å². The number of nitrogens with zero attached hydrogens (tertiary/aromatic N) is 2. The summed E-state index contributed by atoms with van der Waals surface area (Å²) < 4.78 is 24.1.